The Labute approximate surface area is 120 Å². The van der Waals surface area contributed by atoms with E-state index in [1.165, 1.54) is 0 Å². The normalized spacial score (nSPS) is 11.5. The Hall–Kier alpha value is -1.62. The molecule has 0 fully saturated rings. The molecule has 1 unspecified atom stereocenters. The molecule has 0 saturated carbocycles. The predicted molar refractivity (Wildman–Crippen MR) is 83.6 cm³/mol. The minimum absolute atomic E-state index is 0.0626. The molecule has 0 bridgehead atoms. The van der Waals surface area contributed by atoms with Crippen molar-refractivity contribution < 1.29 is 4.79 Å². The summed E-state index contributed by atoms with van der Waals surface area (Å²) in [5.74, 6) is -0.0626. The summed E-state index contributed by atoms with van der Waals surface area (Å²) in [6, 6.07) is 7.47. The lowest BCUT2D eigenvalue weighted by molar-refractivity contribution is 0.0939. The Bertz CT molecular complexity index is 448. The van der Waals surface area contributed by atoms with Crippen LogP contribution in [0.25, 0.3) is 0 Å². The molecule has 0 heterocycles. The number of hydrogen-bond acceptors (Lipinski definition) is 2. The van der Waals surface area contributed by atoms with Crippen molar-refractivity contribution in [2.45, 2.75) is 33.2 Å². The molecule has 0 aliphatic carbocycles. The maximum absolute atomic E-state index is 12.0. The lowest BCUT2D eigenvalue weighted by Crippen LogP contribution is -2.32. The molecule has 0 aromatic heterocycles. The molecular formula is C14H21N3OS. The average molecular weight is 279 g/mol. The third-order valence-corrected chi connectivity index (χ3v) is 2.96. The highest BCUT2D eigenvalue weighted by molar-refractivity contribution is 7.80. The molecule has 104 valence electrons. The summed E-state index contributed by atoms with van der Waals surface area (Å²) < 4.78 is 0. The zero-order valence-electron chi connectivity index (χ0n) is 11.6. The van der Waals surface area contributed by atoms with Crippen molar-refractivity contribution in [3.05, 3.63) is 29.8 Å². The molecule has 0 radical (unpaired) electrons. The van der Waals surface area contributed by atoms with E-state index in [0.29, 0.717) is 10.7 Å². The standard InChI is InChI=1S/C14H21N3OS/c1-4-10(3)16-13(18)11-7-6-8-12(9-11)17-14(19)15-5-2/h6-10H,4-5H2,1-3H3,(H,16,18)(H2,15,17,19). The third-order valence-electron chi connectivity index (χ3n) is 2.71. The second-order valence-corrected chi connectivity index (χ2v) is 4.76. The van der Waals surface area contributed by atoms with Gasteiger partial charge in [-0.2, -0.15) is 0 Å². The number of amides is 1. The number of rotatable bonds is 5. The SMILES string of the molecule is CCNC(=S)Nc1cccc(C(=O)NC(C)CC)c1. The van der Waals surface area contributed by atoms with Gasteiger partial charge in [0.05, 0.1) is 0 Å². The van der Waals surface area contributed by atoms with E-state index in [1.54, 1.807) is 12.1 Å². The van der Waals surface area contributed by atoms with E-state index in [-0.39, 0.29) is 11.9 Å². The first-order valence-electron chi connectivity index (χ1n) is 6.52. The zero-order valence-corrected chi connectivity index (χ0v) is 12.4. The fraction of sp³-hybridized carbons (Fsp3) is 0.429. The molecule has 0 aliphatic heterocycles. The molecule has 1 atom stereocenters. The molecular weight excluding hydrogens is 258 g/mol. The Balaban J connectivity index is 2.71. The molecule has 4 nitrogen and oxygen atoms in total. The maximum atomic E-state index is 12.0. The van der Waals surface area contributed by atoms with Gasteiger partial charge in [-0.3, -0.25) is 4.79 Å². The molecule has 1 rings (SSSR count). The lowest BCUT2D eigenvalue weighted by Gasteiger charge is -2.13. The van der Waals surface area contributed by atoms with Crippen molar-refractivity contribution in [1.29, 1.82) is 0 Å². The average Bonchev–Trinajstić information content (AvgIpc) is 2.39. The van der Waals surface area contributed by atoms with Crippen molar-refractivity contribution in [2.24, 2.45) is 0 Å². The largest absolute Gasteiger partial charge is 0.363 e. The van der Waals surface area contributed by atoms with Gasteiger partial charge in [0.15, 0.2) is 5.11 Å². The predicted octanol–water partition coefficient (Wildman–Crippen LogP) is 2.52. The van der Waals surface area contributed by atoms with E-state index < -0.39 is 0 Å². The highest BCUT2D eigenvalue weighted by Gasteiger charge is 2.09. The van der Waals surface area contributed by atoms with E-state index >= 15 is 0 Å². The van der Waals surface area contributed by atoms with E-state index in [1.807, 2.05) is 32.9 Å². The van der Waals surface area contributed by atoms with Crippen molar-refractivity contribution in [2.75, 3.05) is 11.9 Å². The molecule has 0 saturated heterocycles. The van der Waals surface area contributed by atoms with Crippen LogP contribution in [0.5, 0.6) is 0 Å². The van der Waals surface area contributed by atoms with Gasteiger partial charge in [-0.05, 0) is 50.7 Å². The number of thiocarbonyl (C=S) groups is 1. The number of hydrogen-bond donors (Lipinski definition) is 3. The first kappa shape index (κ1) is 15.4. The molecule has 0 spiro atoms. The first-order chi connectivity index (χ1) is 9.06. The summed E-state index contributed by atoms with van der Waals surface area (Å²) >= 11 is 5.11. The Morgan fingerprint density at radius 3 is 2.74 bits per heavy atom. The van der Waals surface area contributed by atoms with Crippen LogP contribution in [0.1, 0.15) is 37.6 Å². The van der Waals surface area contributed by atoms with Gasteiger partial charge in [0.25, 0.3) is 5.91 Å². The monoisotopic (exact) mass is 279 g/mol. The van der Waals surface area contributed by atoms with Gasteiger partial charge in [0.2, 0.25) is 0 Å². The van der Waals surface area contributed by atoms with Gasteiger partial charge in [0, 0.05) is 23.8 Å². The van der Waals surface area contributed by atoms with Crippen LogP contribution in [0.4, 0.5) is 5.69 Å². The van der Waals surface area contributed by atoms with Crippen LogP contribution in [0, 0.1) is 0 Å². The van der Waals surface area contributed by atoms with Gasteiger partial charge in [-0.15, -0.1) is 0 Å². The maximum Gasteiger partial charge on any atom is 0.251 e. The molecule has 1 aromatic carbocycles. The number of nitrogens with one attached hydrogen (secondary N) is 3. The van der Waals surface area contributed by atoms with Crippen LogP contribution in [0.2, 0.25) is 0 Å². The lowest BCUT2D eigenvalue weighted by atomic mass is 10.1. The molecule has 19 heavy (non-hydrogen) atoms. The van der Waals surface area contributed by atoms with Crippen LogP contribution >= 0.6 is 12.2 Å². The molecule has 5 heteroatoms. The van der Waals surface area contributed by atoms with Gasteiger partial charge in [0.1, 0.15) is 0 Å². The number of carbonyl (C=O) groups is 1. The molecule has 3 N–H and O–H groups in total. The topological polar surface area (TPSA) is 53.2 Å². The van der Waals surface area contributed by atoms with Crippen LogP contribution in [-0.4, -0.2) is 23.6 Å². The quantitative estimate of drug-likeness (QED) is 0.725. The van der Waals surface area contributed by atoms with Crippen LogP contribution in [0.3, 0.4) is 0 Å². The van der Waals surface area contributed by atoms with Crippen molar-refractivity contribution in [3.63, 3.8) is 0 Å². The number of benzene rings is 1. The van der Waals surface area contributed by atoms with E-state index in [9.17, 15) is 4.79 Å². The second-order valence-electron chi connectivity index (χ2n) is 4.35. The van der Waals surface area contributed by atoms with Gasteiger partial charge in [-0.1, -0.05) is 13.0 Å². The van der Waals surface area contributed by atoms with E-state index in [2.05, 4.69) is 16.0 Å². The first-order valence-corrected chi connectivity index (χ1v) is 6.93. The minimum Gasteiger partial charge on any atom is -0.363 e. The minimum atomic E-state index is -0.0626. The third kappa shape index (κ3) is 5.26. The van der Waals surface area contributed by atoms with E-state index in [0.717, 1.165) is 18.7 Å². The molecule has 1 aromatic rings. The van der Waals surface area contributed by atoms with Crippen molar-refractivity contribution >= 4 is 28.9 Å². The summed E-state index contributed by atoms with van der Waals surface area (Å²) in [6.45, 7) is 6.77. The summed E-state index contributed by atoms with van der Waals surface area (Å²) in [7, 11) is 0. The fourth-order valence-electron chi connectivity index (χ4n) is 1.48. The Morgan fingerprint density at radius 2 is 2.11 bits per heavy atom. The van der Waals surface area contributed by atoms with Crippen LogP contribution < -0.4 is 16.0 Å². The molecule has 0 aliphatic rings. The number of carbonyl (C=O) groups excluding carboxylic acids is 1. The highest BCUT2D eigenvalue weighted by Crippen LogP contribution is 2.11. The Kier molecular flexibility index (Phi) is 6.29. The number of anilines is 1. The summed E-state index contributed by atoms with van der Waals surface area (Å²) in [5, 5.41) is 9.54. The van der Waals surface area contributed by atoms with Crippen molar-refractivity contribution in [3.8, 4) is 0 Å². The van der Waals surface area contributed by atoms with Crippen molar-refractivity contribution in [1.82, 2.24) is 10.6 Å². The Morgan fingerprint density at radius 1 is 1.37 bits per heavy atom. The smallest absolute Gasteiger partial charge is 0.251 e. The zero-order chi connectivity index (χ0) is 14.3. The van der Waals surface area contributed by atoms with Gasteiger partial charge >= 0.3 is 0 Å². The fourth-order valence-corrected chi connectivity index (χ4v) is 1.75. The van der Waals surface area contributed by atoms with Gasteiger partial charge in [-0.25, -0.2) is 0 Å². The van der Waals surface area contributed by atoms with Crippen LogP contribution in [0.15, 0.2) is 24.3 Å². The summed E-state index contributed by atoms with van der Waals surface area (Å²) in [6.07, 6.45) is 0.911. The summed E-state index contributed by atoms with van der Waals surface area (Å²) in [5.41, 5.74) is 1.44. The highest BCUT2D eigenvalue weighted by atomic mass is 32.1. The molecule has 1 amide bonds. The second kappa shape index (κ2) is 7.74. The summed E-state index contributed by atoms with van der Waals surface area (Å²) in [4.78, 5) is 12.0. The van der Waals surface area contributed by atoms with E-state index in [4.69, 9.17) is 12.2 Å². The van der Waals surface area contributed by atoms with Gasteiger partial charge < -0.3 is 16.0 Å². The van der Waals surface area contributed by atoms with Crippen LogP contribution in [-0.2, 0) is 0 Å².